The summed E-state index contributed by atoms with van der Waals surface area (Å²) >= 11 is 1.82. The van der Waals surface area contributed by atoms with Crippen LogP contribution in [0.5, 0.6) is 0 Å². The van der Waals surface area contributed by atoms with E-state index >= 15 is 0 Å². The molecular weight excluding hydrogens is 192 g/mol. The van der Waals surface area contributed by atoms with Gasteiger partial charge in [-0.25, -0.2) is 0 Å². The van der Waals surface area contributed by atoms with E-state index in [1.807, 2.05) is 11.3 Å². The largest absolute Gasteiger partial charge is 0.311 e. The summed E-state index contributed by atoms with van der Waals surface area (Å²) in [6.45, 7) is 6.64. The van der Waals surface area contributed by atoms with Crippen LogP contribution in [0.3, 0.4) is 0 Å². The maximum Gasteiger partial charge on any atom is 0.0300 e. The summed E-state index contributed by atoms with van der Waals surface area (Å²) in [6.07, 6.45) is 1.24. The molecule has 1 N–H and O–H groups in total. The van der Waals surface area contributed by atoms with Crippen molar-refractivity contribution in [2.24, 2.45) is 0 Å². The quantitative estimate of drug-likeness (QED) is 0.697. The highest BCUT2D eigenvalue weighted by atomic mass is 32.1. The predicted molar refractivity (Wildman–Crippen MR) is 63.8 cm³/mol. The molecule has 0 unspecified atom stereocenters. The molecule has 0 saturated carbocycles. The Morgan fingerprint density at radius 3 is 2.93 bits per heavy atom. The molecule has 0 bridgehead atoms. The lowest BCUT2D eigenvalue weighted by Crippen LogP contribution is -2.29. The summed E-state index contributed by atoms with van der Waals surface area (Å²) in [5, 5.41) is 5.57. The SMILES string of the molecule is CCCN(C)CCNCc1cccs1. The monoisotopic (exact) mass is 212 g/mol. The zero-order chi connectivity index (χ0) is 10.2. The molecule has 0 aromatic carbocycles. The van der Waals surface area contributed by atoms with Gasteiger partial charge in [0.15, 0.2) is 0 Å². The number of likely N-dealkylation sites (N-methyl/N-ethyl adjacent to an activating group) is 1. The molecule has 1 aromatic heterocycles. The van der Waals surface area contributed by atoms with Crippen molar-refractivity contribution in [2.75, 3.05) is 26.7 Å². The van der Waals surface area contributed by atoms with Crippen molar-refractivity contribution in [3.63, 3.8) is 0 Å². The molecule has 14 heavy (non-hydrogen) atoms. The fourth-order valence-electron chi connectivity index (χ4n) is 1.39. The van der Waals surface area contributed by atoms with E-state index < -0.39 is 0 Å². The lowest BCUT2D eigenvalue weighted by atomic mass is 10.4. The molecule has 0 aliphatic carbocycles. The van der Waals surface area contributed by atoms with Gasteiger partial charge in [-0.1, -0.05) is 13.0 Å². The summed E-state index contributed by atoms with van der Waals surface area (Å²) < 4.78 is 0. The van der Waals surface area contributed by atoms with Crippen molar-refractivity contribution >= 4 is 11.3 Å². The van der Waals surface area contributed by atoms with Crippen LogP contribution < -0.4 is 5.32 Å². The number of thiophene rings is 1. The number of hydrogen-bond donors (Lipinski definition) is 1. The van der Waals surface area contributed by atoms with Gasteiger partial charge < -0.3 is 10.2 Å². The molecule has 80 valence electrons. The Kier molecular flexibility index (Phi) is 5.83. The van der Waals surface area contributed by atoms with E-state index in [4.69, 9.17) is 0 Å². The van der Waals surface area contributed by atoms with Gasteiger partial charge in [0.1, 0.15) is 0 Å². The molecule has 0 atom stereocenters. The Labute approximate surface area is 90.9 Å². The zero-order valence-electron chi connectivity index (χ0n) is 9.12. The fraction of sp³-hybridized carbons (Fsp3) is 0.636. The Hall–Kier alpha value is -0.380. The minimum absolute atomic E-state index is 1.01. The van der Waals surface area contributed by atoms with Gasteiger partial charge in [-0.3, -0.25) is 0 Å². The Morgan fingerprint density at radius 1 is 1.43 bits per heavy atom. The average Bonchev–Trinajstić information content (AvgIpc) is 2.65. The van der Waals surface area contributed by atoms with Crippen molar-refractivity contribution in [3.05, 3.63) is 22.4 Å². The van der Waals surface area contributed by atoms with Gasteiger partial charge in [-0.05, 0) is 31.5 Å². The summed E-state index contributed by atoms with van der Waals surface area (Å²) in [4.78, 5) is 3.78. The Balaban J connectivity index is 1.99. The molecule has 0 aliphatic heterocycles. The fourth-order valence-corrected chi connectivity index (χ4v) is 2.06. The van der Waals surface area contributed by atoms with Gasteiger partial charge >= 0.3 is 0 Å². The number of rotatable bonds is 7. The van der Waals surface area contributed by atoms with Crippen molar-refractivity contribution in [1.29, 1.82) is 0 Å². The third-order valence-electron chi connectivity index (χ3n) is 2.15. The van der Waals surface area contributed by atoms with Crippen LogP contribution in [0.25, 0.3) is 0 Å². The number of nitrogens with zero attached hydrogens (tertiary/aromatic N) is 1. The van der Waals surface area contributed by atoms with Gasteiger partial charge in [0.2, 0.25) is 0 Å². The number of nitrogens with one attached hydrogen (secondary N) is 1. The molecule has 0 saturated heterocycles. The maximum absolute atomic E-state index is 3.45. The minimum Gasteiger partial charge on any atom is -0.311 e. The molecule has 0 spiro atoms. The Bertz CT molecular complexity index is 221. The van der Waals surface area contributed by atoms with Crippen molar-refractivity contribution < 1.29 is 0 Å². The van der Waals surface area contributed by atoms with Crippen molar-refractivity contribution in [2.45, 2.75) is 19.9 Å². The number of hydrogen-bond acceptors (Lipinski definition) is 3. The molecule has 0 radical (unpaired) electrons. The molecule has 1 heterocycles. The van der Waals surface area contributed by atoms with Crippen LogP contribution in [-0.4, -0.2) is 31.6 Å². The summed E-state index contributed by atoms with van der Waals surface area (Å²) in [6, 6.07) is 4.28. The highest BCUT2D eigenvalue weighted by Crippen LogP contribution is 2.06. The summed E-state index contributed by atoms with van der Waals surface area (Å²) in [7, 11) is 2.18. The second-order valence-corrected chi connectivity index (χ2v) is 4.59. The van der Waals surface area contributed by atoms with Crippen LogP contribution in [0.2, 0.25) is 0 Å². The predicted octanol–water partition coefficient (Wildman–Crippen LogP) is 2.18. The first-order chi connectivity index (χ1) is 6.83. The van der Waals surface area contributed by atoms with Crippen molar-refractivity contribution in [1.82, 2.24) is 10.2 Å². The van der Waals surface area contributed by atoms with Crippen LogP contribution in [0.1, 0.15) is 18.2 Å². The highest BCUT2D eigenvalue weighted by Gasteiger charge is 1.96. The van der Waals surface area contributed by atoms with E-state index in [-0.39, 0.29) is 0 Å². The molecule has 0 fully saturated rings. The van der Waals surface area contributed by atoms with E-state index in [1.54, 1.807) is 0 Å². The molecule has 1 rings (SSSR count). The Morgan fingerprint density at radius 2 is 2.29 bits per heavy atom. The molecule has 2 nitrogen and oxygen atoms in total. The molecular formula is C11H20N2S. The maximum atomic E-state index is 3.45. The van der Waals surface area contributed by atoms with Crippen LogP contribution >= 0.6 is 11.3 Å². The third kappa shape index (κ3) is 4.74. The summed E-state index contributed by atoms with van der Waals surface area (Å²) in [5.41, 5.74) is 0. The second kappa shape index (κ2) is 6.98. The second-order valence-electron chi connectivity index (χ2n) is 3.56. The zero-order valence-corrected chi connectivity index (χ0v) is 9.94. The van der Waals surface area contributed by atoms with Crippen molar-refractivity contribution in [3.8, 4) is 0 Å². The highest BCUT2D eigenvalue weighted by molar-refractivity contribution is 7.09. The lowest BCUT2D eigenvalue weighted by molar-refractivity contribution is 0.332. The summed E-state index contributed by atoms with van der Waals surface area (Å²) in [5.74, 6) is 0. The normalized spacial score (nSPS) is 11.1. The van der Waals surface area contributed by atoms with Gasteiger partial charge in [0, 0.05) is 24.5 Å². The van der Waals surface area contributed by atoms with E-state index in [2.05, 4.69) is 41.7 Å². The van der Waals surface area contributed by atoms with E-state index in [9.17, 15) is 0 Å². The van der Waals surface area contributed by atoms with E-state index in [1.165, 1.54) is 17.8 Å². The first kappa shape index (κ1) is 11.7. The third-order valence-corrected chi connectivity index (χ3v) is 3.03. The smallest absolute Gasteiger partial charge is 0.0300 e. The van der Waals surface area contributed by atoms with Gasteiger partial charge in [0.25, 0.3) is 0 Å². The minimum atomic E-state index is 1.01. The van der Waals surface area contributed by atoms with E-state index in [0.29, 0.717) is 0 Å². The van der Waals surface area contributed by atoms with Crippen LogP contribution in [-0.2, 0) is 6.54 Å². The molecule has 0 amide bonds. The molecule has 3 heteroatoms. The van der Waals surface area contributed by atoms with Crippen LogP contribution in [0, 0.1) is 0 Å². The van der Waals surface area contributed by atoms with Crippen LogP contribution in [0.15, 0.2) is 17.5 Å². The standard InChI is InChI=1S/C11H20N2S/c1-3-7-13(2)8-6-12-10-11-5-4-9-14-11/h4-5,9,12H,3,6-8,10H2,1-2H3. The molecule has 1 aromatic rings. The van der Waals surface area contributed by atoms with Gasteiger partial charge in [-0.2, -0.15) is 0 Å². The lowest BCUT2D eigenvalue weighted by Gasteiger charge is -2.15. The van der Waals surface area contributed by atoms with Gasteiger partial charge in [0.05, 0.1) is 0 Å². The van der Waals surface area contributed by atoms with E-state index in [0.717, 1.165) is 19.6 Å². The average molecular weight is 212 g/mol. The van der Waals surface area contributed by atoms with Gasteiger partial charge in [-0.15, -0.1) is 11.3 Å². The van der Waals surface area contributed by atoms with Crippen LogP contribution in [0.4, 0.5) is 0 Å². The molecule has 0 aliphatic rings. The first-order valence-corrected chi connectivity index (χ1v) is 6.12. The first-order valence-electron chi connectivity index (χ1n) is 5.24. The topological polar surface area (TPSA) is 15.3 Å².